The van der Waals surface area contributed by atoms with E-state index in [0.29, 0.717) is 36.6 Å². The Morgan fingerprint density at radius 1 is 0.966 bits per heavy atom. The van der Waals surface area contributed by atoms with Crippen LogP contribution in [0.1, 0.15) is 38.5 Å². The number of nitrogens with one attached hydrogen (secondary N) is 1. The second-order valence-corrected chi connectivity index (χ2v) is 7.07. The summed E-state index contributed by atoms with van der Waals surface area (Å²) in [5, 5.41) is 2.93. The SMILES string of the molecule is COc1ccc(OCCCC(=O)Nc2ccc(OC)c(OC3CCCC3)c2)cc1. The average molecular weight is 399 g/mol. The van der Waals surface area contributed by atoms with Gasteiger partial charge in [0.1, 0.15) is 11.5 Å². The molecule has 3 rings (SSSR count). The van der Waals surface area contributed by atoms with Gasteiger partial charge in [0.25, 0.3) is 0 Å². The van der Waals surface area contributed by atoms with Crippen LogP contribution < -0.4 is 24.3 Å². The Balaban J connectivity index is 1.45. The topological polar surface area (TPSA) is 66.0 Å². The summed E-state index contributed by atoms with van der Waals surface area (Å²) in [5.74, 6) is 2.85. The second kappa shape index (κ2) is 10.6. The highest BCUT2D eigenvalue weighted by Crippen LogP contribution is 2.34. The van der Waals surface area contributed by atoms with Crippen molar-refractivity contribution in [1.29, 1.82) is 0 Å². The number of benzene rings is 2. The fourth-order valence-electron chi connectivity index (χ4n) is 3.35. The van der Waals surface area contributed by atoms with Crippen LogP contribution in [0, 0.1) is 0 Å². The van der Waals surface area contributed by atoms with Crippen molar-refractivity contribution in [1.82, 2.24) is 0 Å². The van der Waals surface area contributed by atoms with Crippen molar-refractivity contribution in [3.63, 3.8) is 0 Å². The zero-order valence-corrected chi connectivity index (χ0v) is 17.1. The molecule has 0 aromatic heterocycles. The molecule has 0 saturated heterocycles. The maximum atomic E-state index is 12.3. The normalized spacial score (nSPS) is 13.7. The minimum atomic E-state index is -0.0553. The summed E-state index contributed by atoms with van der Waals surface area (Å²) in [6.07, 6.45) is 5.75. The largest absolute Gasteiger partial charge is 0.497 e. The third-order valence-electron chi connectivity index (χ3n) is 4.92. The third kappa shape index (κ3) is 6.31. The molecule has 29 heavy (non-hydrogen) atoms. The number of carbonyl (C=O) groups excluding carboxylic acids is 1. The zero-order chi connectivity index (χ0) is 20.5. The summed E-state index contributed by atoms with van der Waals surface area (Å²) in [6, 6.07) is 12.9. The molecule has 6 nitrogen and oxygen atoms in total. The summed E-state index contributed by atoms with van der Waals surface area (Å²) >= 11 is 0. The molecular weight excluding hydrogens is 370 g/mol. The molecule has 1 saturated carbocycles. The molecule has 2 aromatic carbocycles. The number of hydrogen-bond donors (Lipinski definition) is 1. The van der Waals surface area contributed by atoms with E-state index < -0.39 is 0 Å². The van der Waals surface area contributed by atoms with Crippen molar-refractivity contribution in [3.05, 3.63) is 42.5 Å². The summed E-state index contributed by atoms with van der Waals surface area (Å²) in [7, 11) is 3.25. The number of ether oxygens (including phenoxy) is 4. The highest BCUT2D eigenvalue weighted by molar-refractivity contribution is 5.91. The first-order chi connectivity index (χ1) is 14.2. The Kier molecular flexibility index (Phi) is 7.61. The number of carbonyl (C=O) groups is 1. The Labute approximate surface area is 172 Å². The summed E-state index contributed by atoms with van der Waals surface area (Å²) in [6.45, 7) is 0.471. The molecule has 1 aliphatic rings. The predicted molar refractivity (Wildman–Crippen MR) is 112 cm³/mol. The lowest BCUT2D eigenvalue weighted by Gasteiger charge is -2.17. The van der Waals surface area contributed by atoms with E-state index in [2.05, 4.69) is 5.32 Å². The fraction of sp³-hybridized carbons (Fsp3) is 0.435. The fourth-order valence-corrected chi connectivity index (χ4v) is 3.35. The molecule has 1 N–H and O–H groups in total. The highest BCUT2D eigenvalue weighted by atomic mass is 16.5. The van der Waals surface area contributed by atoms with Crippen molar-refractivity contribution in [2.75, 3.05) is 26.1 Å². The van der Waals surface area contributed by atoms with Crippen molar-refractivity contribution in [3.8, 4) is 23.0 Å². The Morgan fingerprint density at radius 3 is 2.38 bits per heavy atom. The number of rotatable bonds is 10. The molecule has 0 atom stereocenters. The van der Waals surface area contributed by atoms with Crippen LogP contribution in [0.25, 0.3) is 0 Å². The lowest BCUT2D eigenvalue weighted by Crippen LogP contribution is -2.14. The smallest absolute Gasteiger partial charge is 0.224 e. The Morgan fingerprint density at radius 2 is 1.69 bits per heavy atom. The van der Waals surface area contributed by atoms with E-state index in [1.54, 1.807) is 14.2 Å². The average Bonchev–Trinajstić information content (AvgIpc) is 3.25. The molecular formula is C23H29NO5. The van der Waals surface area contributed by atoms with E-state index in [1.807, 2.05) is 42.5 Å². The van der Waals surface area contributed by atoms with Gasteiger partial charge in [-0.1, -0.05) is 0 Å². The van der Waals surface area contributed by atoms with E-state index in [9.17, 15) is 4.79 Å². The molecule has 0 radical (unpaired) electrons. The van der Waals surface area contributed by atoms with E-state index >= 15 is 0 Å². The minimum absolute atomic E-state index is 0.0553. The third-order valence-corrected chi connectivity index (χ3v) is 4.92. The van der Waals surface area contributed by atoms with Gasteiger partial charge in [-0.05, 0) is 68.5 Å². The Bertz CT molecular complexity index is 784. The van der Waals surface area contributed by atoms with Gasteiger partial charge in [-0.3, -0.25) is 4.79 Å². The van der Waals surface area contributed by atoms with E-state index in [-0.39, 0.29) is 12.0 Å². The van der Waals surface area contributed by atoms with Crippen molar-refractivity contribution < 1.29 is 23.7 Å². The highest BCUT2D eigenvalue weighted by Gasteiger charge is 2.19. The van der Waals surface area contributed by atoms with Crippen LogP contribution in [-0.4, -0.2) is 32.8 Å². The maximum Gasteiger partial charge on any atom is 0.224 e. The van der Waals surface area contributed by atoms with Crippen molar-refractivity contribution in [2.45, 2.75) is 44.6 Å². The Hall–Kier alpha value is -2.89. The van der Waals surface area contributed by atoms with Crippen LogP contribution in [0.2, 0.25) is 0 Å². The lowest BCUT2D eigenvalue weighted by atomic mass is 10.2. The van der Waals surface area contributed by atoms with Gasteiger partial charge in [-0.15, -0.1) is 0 Å². The van der Waals surface area contributed by atoms with E-state index in [4.69, 9.17) is 18.9 Å². The van der Waals surface area contributed by atoms with E-state index in [0.717, 1.165) is 24.3 Å². The monoisotopic (exact) mass is 399 g/mol. The molecule has 0 unspecified atom stereocenters. The van der Waals surface area contributed by atoms with Gasteiger partial charge in [0, 0.05) is 18.2 Å². The van der Waals surface area contributed by atoms with Crippen LogP contribution in [0.4, 0.5) is 5.69 Å². The summed E-state index contributed by atoms with van der Waals surface area (Å²) in [5.41, 5.74) is 0.708. The van der Waals surface area contributed by atoms with Crippen molar-refractivity contribution >= 4 is 11.6 Å². The first kappa shape index (κ1) is 20.8. The van der Waals surface area contributed by atoms with Crippen LogP contribution in [0.3, 0.4) is 0 Å². The molecule has 0 heterocycles. The number of anilines is 1. The summed E-state index contributed by atoms with van der Waals surface area (Å²) < 4.78 is 22.2. The quantitative estimate of drug-likeness (QED) is 0.580. The number of amides is 1. The second-order valence-electron chi connectivity index (χ2n) is 7.07. The lowest BCUT2D eigenvalue weighted by molar-refractivity contribution is -0.116. The van der Waals surface area contributed by atoms with Gasteiger partial charge < -0.3 is 24.3 Å². The first-order valence-corrected chi connectivity index (χ1v) is 10.1. The zero-order valence-electron chi connectivity index (χ0n) is 17.1. The van der Waals surface area contributed by atoms with Gasteiger partial charge in [0.15, 0.2) is 11.5 Å². The molecule has 1 amide bonds. The molecule has 1 fully saturated rings. The standard InChI is InChI=1S/C23H29NO5/c1-26-18-10-12-19(13-11-18)28-15-5-8-23(25)24-17-9-14-21(27-2)22(16-17)29-20-6-3-4-7-20/h9-14,16,20H,3-8,15H2,1-2H3,(H,24,25). The molecule has 156 valence electrons. The van der Waals surface area contributed by atoms with Crippen molar-refractivity contribution in [2.24, 2.45) is 0 Å². The number of methoxy groups -OCH3 is 2. The maximum absolute atomic E-state index is 12.3. The number of hydrogen-bond acceptors (Lipinski definition) is 5. The molecule has 0 aliphatic heterocycles. The van der Waals surface area contributed by atoms with E-state index in [1.165, 1.54) is 12.8 Å². The molecule has 6 heteroatoms. The summed E-state index contributed by atoms with van der Waals surface area (Å²) in [4.78, 5) is 12.3. The van der Waals surface area contributed by atoms with Crippen LogP contribution in [0.15, 0.2) is 42.5 Å². The molecule has 1 aliphatic carbocycles. The molecule has 0 bridgehead atoms. The van der Waals surface area contributed by atoms with Crippen LogP contribution in [-0.2, 0) is 4.79 Å². The van der Waals surface area contributed by atoms with Gasteiger partial charge in [0.05, 0.1) is 26.9 Å². The predicted octanol–water partition coefficient (Wildman–Crippen LogP) is 4.82. The minimum Gasteiger partial charge on any atom is -0.497 e. The van der Waals surface area contributed by atoms with Gasteiger partial charge >= 0.3 is 0 Å². The van der Waals surface area contributed by atoms with Gasteiger partial charge in [-0.25, -0.2) is 0 Å². The van der Waals surface area contributed by atoms with Crippen LogP contribution >= 0.6 is 0 Å². The molecule has 0 spiro atoms. The first-order valence-electron chi connectivity index (χ1n) is 10.1. The van der Waals surface area contributed by atoms with Crippen LogP contribution in [0.5, 0.6) is 23.0 Å². The van der Waals surface area contributed by atoms with Gasteiger partial charge in [-0.2, -0.15) is 0 Å². The van der Waals surface area contributed by atoms with Gasteiger partial charge in [0.2, 0.25) is 5.91 Å². The molecule has 2 aromatic rings.